The standard InChI is InChI=1S/C10H10Cl2F3N/c1-6(16-5-10(13,14)15)8-3-2-7(11)4-9(8)12/h2-4,6,16H,5H2,1H3. The molecule has 0 spiro atoms. The van der Waals surface area contributed by atoms with Gasteiger partial charge in [0.05, 0.1) is 6.54 Å². The van der Waals surface area contributed by atoms with Crippen molar-refractivity contribution >= 4 is 23.2 Å². The van der Waals surface area contributed by atoms with Crippen molar-refractivity contribution in [3.63, 3.8) is 0 Å². The number of benzene rings is 1. The van der Waals surface area contributed by atoms with E-state index in [2.05, 4.69) is 5.32 Å². The first kappa shape index (κ1) is 13.6. The maximum absolute atomic E-state index is 12.0. The van der Waals surface area contributed by atoms with Crippen molar-refractivity contribution in [1.82, 2.24) is 5.32 Å². The molecule has 1 atom stereocenters. The third kappa shape index (κ3) is 4.20. The van der Waals surface area contributed by atoms with Crippen molar-refractivity contribution in [3.8, 4) is 0 Å². The van der Waals surface area contributed by atoms with E-state index in [-0.39, 0.29) is 0 Å². The zero-order valence-corrected chi connectivity index (χ0v) is 9.92. The van der Waals surface area contributed by atoms with E-state index in [9.17, 15) is 13.2 Å². The third-order valence-corrected chi connectivity index (χ3v) is 2.60. The average Bonchev–Trinajstić information content (AvgIpc) is 2.13. The first-order valence-corrected chi connectivity index (χ1v) is 5.30. The molecule has 1 unspecified atom stereocenters. The SMILES string of the molecule is CC(NCC(F)(F)F)c1ccc(Cl)cc1Cl. The van der Waals surface area contributed by atoms with Crippen molar-refractivity contribution in [1.29, 1.82) is 0 Å². The van der Waals surface area contributed by atoms with E-state index in [4.69, 9.17) is 23.2 Å². The maximum Gasteiger partial charge on any atom is 0.401 e. The predicted molar refractivity (Wildman–Crippen MR) is 58.9 cm³/mol. The van der Waals surface area contributed by atoms with Gasteiger partial charge in [0, 0.05) is 16.1 Å². The quantitative estimate of drug-likeness (QED) is 0.869. The van der Waals surface area contributed by atoms with Crippen molar-refractivity contribution < 1.29 is 13.2 Å². The van der Waals surface area contributed by atoms with Gasteiger partial charge in [0.15, 0.2) is 0 Å². The monoisotopic (exact) mass is 271 g/mol. The first-order chi connectivity index (χ1) is 7.29. The molecule has 0 bridgehead atoms. The summed E-state index contributed by atoms with van der Waals surface area (Å²) in [6.45, 7) is 0.563. The summed E-state index contributed by atoms with van der Waals surface area (Å²) in [6.07, 6.45) is -4.23. The molecule has 1 nitrogen and oxygen atoms in total. The largest absolute Gasteiger partial charge is 0.401 e. The van der Waals surface area contributed by atoms with Crippen LogP contribution < -0.4 is 5.32 Å². The number of hydrogen-bond donors (Lipinski definition) is 1. The van der Waals surface area contributed by atoms with Gasteiger partial charge in [-0.1, -0.05) is 29.3 Å². The lowest BCUT2D eigenvalue weighted by atomic mass is 10.1. The Labute approximate surface area is 102 Å². The highest BCUT2D eigenvalue weighted by Gasteiger charge is 2.27. The van der Waals surface area contributed by atoms with Gasteiger partial charge >= 0.3 is 6.18 Å². The molecule has 0 fully saturated rings. The first-order valence-electron chi connectivity index (χ1n) is 4.54. The van der Waals surface area contributed by atoms with Gasteiger partial charge in [0.25, 0.3) is 0 Å². The molecule has 16 heavy (non-hydrogen) atoms. The zero-order valence-electron chi connectivity index (χ0n) is 8.41. The van der Waals surface area contributed by atoms with E-state index in [1.807, 2.05) is 0 Å². The Hall–Kier alpha value is -0.450. The lowest BCUT2D eigenvalue weighted by molar-refractivity contribution is -0.126. The lowest BCUT2D eigenvalue weighted by Gasteiger charge is -2.17. The zero-order chi connectivity index (χ0) is 12.3. The fraction of sp³-hybridized carbons (Fsp3) is 0.400. The van der Waals surface area contributed by atoms with E-state index in [1.165, 1.54) is 6.07 Å². The van der Waals surface area contributed by atoms with Crippen LogP contribution in [0.2, 0.25) is 10.0 Å². The summed E-state index contributed by atoms with van der Waals surface area (Å²) in [5.74, 6) is 0. The molecule has 0 aliphatic rings. The summed E-state index contributed by atoms with van der Waals surface area (Å²) in [4.78, 5) is 0. The van der Waals surface area contributed by atoms with Crippen LogP contribution in [0.3, 0.4) is 0 Å². The van der Waals surface area contributed by atoms with E-state index in [0.29, 0.717) is 15.6 Å². The second kappa shape index (κ2) is 5.25. The summed E-state index contributed by atoms with van der Waals surface area (Å²) < 4.78 is 35.9. The van der Waals surface area contributed by atoms with Crippen LogP contribution in [0.1, 0.15) is 18.5 Å². The average molecular weight is 272 g/mol. The normalized spacial score (nSPS) is 13.9. The molecule has 1 aromatic rings. The van der Waals surface area contributed by atoms with Gasteiger partial charge in [-0.15, -0.1) is 0 Å². The van der Waals surface area contributed by atoms with Crippen molar-refractivity contribution in [2.75, 3.05) is 6.54 Å². The smallest absolute Gasteiger partial charge is 0.302 e. The minimum absolute atomic E-state index is 0.356. The van der Waals surface area contributed by atoms with Crippen LogP contribution in [0.25, 0.3) is 0 Å². The predicted octanol–water partition coefficient (Wildman–Crippen LogP) is 4.21. The van der Waals surface area contributed by atoms with Gasteiger partial charge in [-0.2, -0.15) is 13.2 Å². The van der Waals surface area contributed by atoms with Gasteiger partial charge in [-0.05, 0) is 24.6 Å². The Balaban J connectivity index is 2.70. The molecule has 1 aromatic carbocycles. The van der Waals surface area contributed by atoms with Gasteiger partial charge in [0.1, 0.15) is 0 Å². The van der Waals surface area contributed by atoms with Crippen molar-refractivity contribution in [2.45, 2.75) is 19.1 Å². The van der Waals surface area contributed by atoms with Crippen LogP contribution in [0.4, 0.5) is 13.2 Å². The molecule has 6 heteroatoms. The summed E-state index contributed by atoms with van der Waals surface area (Å²) >= 11 is 11.6. The van der Waals surface area contributed by atoms with Crippen LogP contribution in [0, 0.1) is 0 Å². The molecule has 0 saturated heterocycles. The van der Waals surface area contributed by atoms with Crippen LogP contribution in [-0.4, -0.2) is 12.7 Å². The van der Waals surface area contributed by atoms with Crippen LogP contribution in [-0.2, 0) is 0 Å². The second-order valence-electron chi connectivity index (χ2n) is 3.38. The fourth-order valence-electron chi connectivity index (χ4n) is 1.23. The molecule has 0 saturated carbocycles. The number of halogens is 5. The highest BCUT2D eigenvalue weighted by molar-refractivity contribution is 6.35. The summed E-state index contributed by atoms with van der Waals surface area (Å²) in [6, 6.07) is 4.23. The Morgan fingerprint density at radius 3 is 2.44 bits per heavy atom. The number of nitrogens with one attached hydrogen (secondary N) is 1. The van der Waals surface area contributed by atoms with Gasteiger partial charge in [0.2, 0.25) is 0 Å². The third-order valence-electron chi connectivity index (χ3n) is 2.04. The van der Waals surface area contributed by atoms with Crippen molar-refractivity contribution in [3.05, 3.63) is 33.8 Å². The molecule has 0 amide bonds. The molecular weight excluding hydrogens is 262 g/mol. The topological polar surface area (TPSA) is 12.0 Å². The molecule has 0 aromatic heterocycles. The highest BCUT2D eigenvalue weighted by Crippen LogP contribution is 2.26. The summed E-state index contributed by atoms with van der Waals surface area (Å²) in [5, 5.41) is 3.16. The van der Waals surface area contributed by atoms with Crippen LogP contribution >= 0.6 is 23.2 Å². The minimum Gasteiger partial charge on any atom is -0.302 e. The molecule has 0 radical (unpaired) electrons. The molecule has 1 rings (SSSR count). The number of rotatable bonds is 3. The van der Waals surface area contributed by atoms with Crippen LogP contribution in [0.15, 0.2) is 18.2 Å². The van der Waals surface area contributed by atoms with E-state index >= 15 is 0 Å². The van der Waals surface area contributed by atoms with E-state index in [0.717, 1.165) is 0 Å². The maximum atomic E-state index is 12.0. The Morgan fingerprint density at radius 2 is 1.94 bits per heavy atom. The van der Waals surface area contributed by atoms with Gasteiger partial charge < -0.3 is 5.32 Å². The highest BCUT2D eigenvalue weighted by atomic mass is 35.5. The Morgan fingerprint density at radius 1 is 1.31 bits per heavy atom. The lowest BCUT2D eigenvalue weighted by Crippen LogP contribution is -2.30. The number of hydrogen-bond acceptors (Lipinski definition) is 1. The van der Waals surface area contributed by atoms with Crippen molar-refractivity contribution in [2.24, 2.45) is 0 Å². The molecule has 0 aliphatic heterocycles. The summed E-state index contributed by atoms with van der Waals surface area (Å²) in [5.41, 5.74) is 0.593. The molecule has 0 heterocycles. The molecule has 0 aliphatic carbocycles. The van der Waals surface area contributed by atoms with E-state index in [1.54, 1.807) is 19.1 Å². The minimum atomic E-state index is -4.23. The molecule has 1 N–H and O–H groups in total. The Bertz CT molecular complexity index is 366. The second-order valence-corrected chi connectivity index (χ2v) is 4.23. The molecule has 90 valence electrons. The van der Waals surface area contributed by atoms with Gasteiger partial charge in [-0.25, -0.2) is 0 Å². The van der Waals surface area contributed by atoms with Gasteiger partial charge in [-0.3, -0.25) is 0 Å². The number of alkyl halides is 3. The molecular formula is C10H10Cl2F3N. The summed E-state index contributed by atoms with van der Waals surface area (Å²) in [7, 11) is 0. The van der Waals surface area contributed by atoms with Crippen LogP contribution in [0.5, 0.6) is 0 Å². The Kier molecular flexibility index (Phi) is 4.47. The van der Waals surface area contributed by atoms with E-state index < -0.39 is 18.8 Å². The fourth-order valence-corrected chi connectivity index (χ4v) is 1.80.